The fourth-order valence-corrected chi connectivity index (χ4v) is 2.94. The summed E-state index contributed by atoms with van der Waals surface area (Å²) in [5, 5.41) is 0. The van der Waals surface area contributed by atoms with Crippen LogP contribution in [0.25, 0.3) is 0 Å². The molecule has 1 aromatic carbocycles. The van der Waals surface area contributed by atoms with Gasteiger partial charge in [0.15, 0.2) is 11.5 Å². The Labute approximate surface area is 141 Å². The predicted molar refractivity (Wildman–Crippen MR) is 91.6 cm³/mol. The smallest absolute Gasteiger partial charge is 0.227 e. The van der Waals surface area contributed by atoms with Crippen LogP contribution < -0.4 is 26.7 Å². The van der Waals surface area contributed by atoms with Crippen LogP contribution in [-0.2, 0) is 17.8 Å². The Bertz CT molecular complexity index is 752. The number of hydrogen-bond donors (Lipinski definition) is 3. The lowest BCUT2D eigenvalue weighted by Crippen LogP contribution is -2.15. The average molecular weight is 381 g/mol. The molecule has 0 aliphatic carbocycles. The molecule has 0 fully saturated rings. The molecule has 2 heterocycles. The minimum absolute atomic E-state index is 0.243. The monoisotopic (exact) mass is 380 g/mol. The number of rotatable bonds is 2. The van der Waals surface area contributed by atoms with Crippen molar-refractivity contribution >= 4 is 34.2 Å². The van der Waals surface area contributed by atoms with Crippen molar-refractivity contribution in [3.8, 4) is 17.4 Å². The molecule has 2 aromatic rings. The van der Waals surface area contributed by atoms with Crippen molar-refractivity contribution in [1.82, 2.24) is 4.98 Å². The van der Waals surface area contributed by atoms with Crippen LogP contribution >= 0.6 is 15.9 Å². The number of nitrogens with two attached hydrogens (primary N) is 3. The minimum Gasteiger partial charge on any atom is -0.493 e. The number of carbonyl (C=O) groups excluding carboxylic acids is 1. The number of halogens is 1. The highest BCUT2D eigenvalue weighted by atomic mass is 79.9. The standard InChI is InChI=1S/C14H15BrN4O2.CH2O/c1-20-10-4-7(15)2-6-3-8-11(17)9(5-16)13(18)19-14(8)21-12(6)10;1-2/h2,4H,3,5,16H2,1H3,(H4,17,18,19);1H2. The lowest BCUT2D eigenvalue weighted by molar-refractivity contribution is -0.0979. The van der Waals surface area contributed by atoms with Gasteiger partial charge >= 0.3 is 0 Å². The quantitative estimate of drug-likeness (QED) is 0.620. The van der Waals surface area contributed by atoms with E-state index in [-0.39, 0.29) is 6.54 Å². The number of nitrogen functional groups attached to an aromatic ring is 2. The summed E-state index contributed by atoms with van der Waals surface area (Å²) >= 11 is 3.46. The first kappa shape index (κ1) is 17.0. The van der Waals surface area contributed by atoms with Crippen LogP contribution in [0.4, 0.5) is 11.5 Å². The molecule has 3 rings (SSSR count). The molecule has 8 heteroatoms. The van der Waals surface area contributed by atoms with Crippen LogP contribution in [-0.4, -0.2) is 18.9 Å². The molecule has 7 nitrogen and oxygen atoms in total. The van der Waals surface area contributed by atoms with Crippen molar-refractivity contribution in [3.63, 3.8) is 0 Å². The van der Waals surface area contributed by atoms with Crippen molar-refractivity contribution in [1.29, 1.82) is 0 Å². The second-order valence-corrected chi connectivity index (χ2v) is 5.67. The first-order valence-electron chi connectivity index (χ1n) is 6.65. The Kier molecular flexibility index (Phi) is 5.07. The van der Waals surface area contributed by atoms with E-state index in [9.17, 15) is 0 Å². The molecular formula is C15H17BrN4O3. The zero-order valence-electron chi connectivity index (χ0n) is 12.6. The topological polar surface area (TPSA) is 126 Å². The van der Waals surface area contributed by atoms with E-state index in [2.05, 4.69) is 20.9 Å². The first-order chi connectivity index (χ1) is 11.0. The highest BCUT2D eigenvalue weighted by Gasteiger charge is 2.26. The Morgan fingerprint density at radius 2 is 2.09 bits per heavy atom. The highest BCUT2D eigenvalue weighted by Crippen LogP contribution is 2.45. The number of aromatic nitrogens is 1. The van der Waals surface area contributed by atoms with Gasteiger partial charge in [-0.1, -0.05) is 15.9 Å². The predicted octanol–water partition coefficient (Wildman–Crippen LogP) is 1.99. The van der Waals surface area contributed by atoms with Gasteiger partial charge in [-0.3, -0.25) is 0 Å². The molecule has 23 heavy (non-hydrogen) atoms. The third kappa shape index (κ3) is 2.95. The summed E-state index contributed by atoms with van der Waals surface area (Å²) in [6, 6.07) is 3.81. The van der Waals surface area contributed by atoms with Gasteiger partial charge in [0.05, 0.1) is 7.11 Å². The third-order valence-corrected chi connectivity index (χ3v) is 3.98. The van der Waals surface area contributed by atoms with Gasteiger partial charge in [0.2, 0.25) is 5.88 Å². The molecule has 0 saturated heterocycles. The van der Waals surface area contributed by atoms with Gasteiger partial charge < -0.3 is 31.5 Å². The Morgan fingerprint density at radius 3 is 2.70 bits per heavy atom. The van der Waals surface area contributed by atoms with Crippen LogP contribution in [0.3, 0.4) is 0 Å². The molecule has 0 amide bonds. The van der Waals surface area contributed by atoms with Crippen molar-refractivity contribution in [2.75, 3.05) is 18.6 Å². The van der Waals surface area contributed by atoms with Crippen molar-refractivity contribution in [3.05, 3.63) is 33.3 Å². The maximum Gasteiger partial charge on any atom is 0.227 e. The summed E-state index contributed by atoms with van der Waals surface area (Å²) in [5.41, 5.74) is 20.7. The molecule has 0 radical (unpaired) electrons. The Hall–Kier alpha value is -2.32. The van der Waals surface area contributed by atoms with Gasteiger partial charge in [0.25, 0.3) is 0 Å². The van der Waals surface area contributed by atoms with Crippen molar-refractivity contribution in [2.45, 2.75) is 13.0 Å². The van der Waals surface area contributed by atoms with Gasteiger partial charge in [0, 0.05) is 39.8 Å². The molecular weight excluding hydrogens is 364 g/mol. The van der Waals surface area contributed by atoms with Crippen LogP contribution in [0, 0.1) is 0 Å². The normalized spacial score (nSPS) is 11.4. The lowest BCUT2D eigenvalue weighted by atomic mass is 9.98. The Balaban J connectivity index is 0.000000924. The number of nitrogens with zero attached hydrogens (tertiary/aromatic N) is 1. The zero-order chi connectivity index (χ0) is 17.1. The number of fused-ring (bicyclic) bond motifs is 2. The molecule has 0 saturated carbocycles. The number of hydrogen-bond acceptors (Lipinski definition) is 7. The average Bonchev–Trinajstić information content (AvgIpc) is 2.55. The fraction of sp³-hybridized carbons (Fsp3) is 0.200. The number of carbonyl (C=O) groups is 1. The summed E-state index contributed by atoms with van der Waals surface area (Å²) in [5.74, 6) is 1.98. The van der Waals surface area contributed by atoms with Crippen molar-refractivity contribution < 1.29 is 14.3 Å². The van der Waals surface area contributed by atoms with Gasteiger partial charge in [-0.15, -0.1) is 0 Å². The molecule has 6 N–H and O–H groups in total. The number of anilines is 2. The van der Waals surface area contributed by atoms with E-state index < -0.39 is 0 Å². The number of pyridine rings is 1. The van der Waals surface area contributed by atoms with E-state index in [0.29, 0.717) is 40.9 Å². The van der Waals surface area contributed by atoms with Crippen LogP contribution in [0.2, 0.25) is 0 Å². The van der Waals surface area contributed by atoms with Gasteiger partial charge in [-0.05, 0) is 12.1 Å². The Morgan fingerprint density at radius 1 is 1.39 bits per heavy atom. The molecule has 0 spiro atoms. The summed E-state index contributed by atoms with van der Waals surface area (Å²) < 4.78 is 12.1. The maximum atomic E-state index is 8.00. The third-order valence-electron chi connectivity index (χ3n) is 3.53. The second-order valence-electron chi connectivity index (χ2n) is 4.75. The lowest BCUT2D eigenvalue weighted by Gasteiger charge is -2.24. The van der Waals surface area contributed by atoms with E-state index in [1.807, 2.05) is 18.9 Å². The molecule has 0 bridgehead atoms. The van der Waals surface area contributed by atoms with Crippen LogP contribution in [0.5, 0.6) is 17.4 Å². The van der Waals surface area contributed by atoms with Gasteiger partial charge in [0.1, 0.15) is 12.6 Å². The van der Waals surface area contributed by atoms with Crippen LogP contribution in [0.1, 0.15) is 16.7 Å². The molecule has 0 unspecified atom stereocenters. The summed E-state index contributed by atoms with van der Waals surface area (Å²) in [7, 11) is 1.59. The summed E-state index contributed by atoms with van der Waals surface area (Å²) in [4.78, 5) is 12.3. The highest BCUT2D eigenvalue weighted by molar-refractivity contribution is 9.10. The van der Waals surface area contributed by atoms with E-state index in [4.69, 9.17) is 31.5 Å². The summed E-state index contributed by atoms with van der Waals surface area (Å²) in [6.07, 6.45) is 0.590. The second kappa shape index (κ2) is 6.84. The minimum atomic E-state index is 0.243. The molecule has 1 aliphatic heterocycles. The summed E-state index contributed by atoms with van der Waals surface area (Å²) in [6.45, 7) is 2.24. The van der Waals surface area contributed by atoms with E-state index >= 15 is 0 Å². The SMILES string of the molecule is C=O.COc1cc(Br)cc2c1Oc1nc(N)c(CN)c(N)c1C2. The zero-order valence-corrected chi connectivity index (χ0v) is 14.1. The molecule has 1 aliphatic rings. The van der Waals surface area contributed by atoms with E-state index in [1.165, 1.54) is 0 Å². The van der Waals surface area contributed by atoms with Gasteiger partial charge in [-0.2, -0.15) is 4.98 Å². The molecule has 0 atom stereocenters. The number of ether oxygens (including phenoxy) is 2. The fourth-order valence-electron chi connectivity index (χ4n) is 2.46. The van der Waals surface area contributed by atoms with Crippen LogP contribution in [0.15, 0.2) is 16.6 Å². The molecule has 1 aromatic heterocycles. The number of benzene rings is 1. The van der Waals surface area contributed by atoms with E-state index in [1.54, 1.807) is 7.11 Å². The first-order valence-corrected chi connectivity index (χ1v) is 7.44. The van der Waals surface area contributed by atoms with E-state index in [0.717, 1.165) is 15.6 Å². The molecule has 122 valence electrons. The maximum absolute atomic E-state index is 8.00. The van der Waals surface area contributed by atoms with Gasteiger partial charge in [-0.25, -0.2) is 0 Å². The number of methoxy groups -OCH3 is 1. The largest absolute Gasteiger partial charge is 0.493 e. The van der Waals surface area contributed by atoms with Crippen molar-refractivity contribution in [2.24, 2.45) is 5.73 Å².